The van der Waals surface area contributed by atoms with Crippen molar-refractivity contribution in [3.05, 3.63) is 23.8 Å². The number of nitrogens with one attached hydrogen (secondary N) is 3. The summed E-state index contributed by atoms with van der Waals surface area (Å²) in [5.41, 5.74) is 2.55. The Balaban J connectivity index is 2.02. The van der Waals surface area contributed by atoms with Crippen LogP contribution in [0.3, 0.4) is 0 Å². The van der Waals surface area contributed by atoms with Gasteiger partial charge in [-0.2, -0.15) is 0 Å². The van der Waals surface area contributed by atoms with Crippen LogP contribution in [0.4, 0.5) is 4.39 Å². The van der Waals surface area contributed by atoms with Gasteiger partial charge in [-0.05, 0) is 37.7 Å². The number of unbranched alkanes of at least 4 members (excludes halogenated alkanes) is 3. The predicted molar refractivity (Wildman–Crippen MR) is 113 cm³/mol. The highest BCUT2D eigenvalue weighted by Gasteiger charge is 2.27. The molecule has 3 amide bonds. The molecule has 1 aliphatic carbocycles. The van der Waals surface area contributed by atoms with Crippen molar-refractivity contribution < 1.29 is 28.7 Å². The largest absolute Gasteiger partial charge is 0.374 e. The summed E-state index contributed by atoms with van der Waals surface area (Å²) in [6.45, 7) is 0.577. The normalized spacial score (nSPS) is 24.6. The van der Waals surface area contributed by atoms with Crippen LogP contribution in [-0.4, -0.2) is 54.9 Å². The van der Waals surface area contributed by atoms with E-state index in [1.807, 2.05) is 18.2 Å². The second-order valence-corrected chi connectivity index (χ2v) is 8.02. The Hall–Kier alpha value is -2.26. The van der Waals surface area contributed by atoms with Crippen molar-refractivity contribution in [2.45, 2.75) is 69.9 Å². The number of carbonyl (C=O) groups is 3. The van der Waals surface area contributed by atoms with E-state index in [-0.39, 0.29) is 25.1 Å². The molecule has 3 unspecified atom stereocenters. The molecule has 2 bridgehead atoms. The van der Waals surface area contributed by atoms with E-state index < -0.39 is 23.8 Å². The molecule has 0 fully saturated rings. The maximum Gasteiger partial charge on any atom is 0.246 e. The summed E-state index contributed by atoms with van der Waals surface area (Å²) in [5, 5.41) is 14.6. The van der Waals surface area contributed by atoms with Gasteiger partial charge >= 0.3 is 0 Å². The van der Waals surface area contributed by atoms with Crippen molar-refractivity contribution in [2.75, 3.05) is 19.8 Å². The van der Waals surface area contributed by atoms with Crippen molar-refractivity contribution in [3.8, 4) is 0 Å². The topological polar surface area (TPSA) is 117 Å². The van der Waals surface area contributed by atoms with Crippen LogP contribution in [0, 0.1) is 5.92 Å². The van der Waals surface area contributed by atoms with E-state index in [4.69, 9.17) is 9.94 Å². The van der Waals surface area contributed by atoms with E-state index in [1.54, 1.807) is 5.48 Å². The standard InChI is InChI=1S/C22H34FN3O5/c23-11-3-1-2-4-12-24-22(29)19-14-16-7-9-18(10-8-16)31-13-5-6-17(21(28)26-30)15-20(27)25-19/h7-9,17-19,30H,1-6,10-15H2,(H,24,29)(H,25,27)(H,26,28). The number of hydrogen-bond donors (Lipinski definition) is 4. The summed E-state index contributed by atoms with van der Waals surface area (Å²) in [5.74, 6) is -2.04. The predicted octanol–water partition coefficient (Wildman–Crippen LogP) is 2.08. The number of alkyl halides is 1. The maximum absolute atomic E-state index is 12.7. The van der Waals surface area contributed by atoms with E-state index in [1.165, 1.54) is 0 Å². The van der Waals surface area contributed by atoms with Crippen molar-refractivity contribution in [1.29, 1.82) is 0 Å². The lowest BCUT2D eigenvalue weighted by Crippen LogP contribution is -2.48. The summed E-state index contributed by atoms with van der Waals surface area (Å²) in [6, 6.07) is -0.771. The van der Waals surface area contributed by atoms with Gasteiger partial charge in [0.1, 0.15) is 6.04 Å². The summed E-state index contributed by atoms with van der Waals surface area (Å²) < 4.78 is 18.0. The number of hydrogen-bond acceptors (Lipinski definition) is 5. The average molecular weight is 440 g/mol. The third-order valence-corrected chi connectivity index (χ3v) is 5.53. The van der Waals surface area contributed by atoms with Gasteiger partial charge in [0.15, 0.2) is 0 Å². The fourth-order valence-electron chi connectivity index (χ4n) is 3.73. The van der Waals surface area contributed by atoms with E-state index in [2.05, 4.69) is 10.6 Å². The minimum Gasteiger partial charge on any atom is -0.374 e. The molecule has 9 heteroatoms. The van der Waals surface area contributed by atoms with Gasteiger partial charge in [0.05, 0.1) is 12.8 Å². The highest BCUT2D eigenvalue weighted by molar-refractivity contribution is 5.90. The van der Waals surface area contributed by atoms with Crippen LogP contribution >= 0.6 is 0 Å². The monoisotopic (exact) mass is 439 g/mol. The molecule has 174 valence electrons. The van der Waals surface area contributed by atoms with Gasteiger partial charge in [0, 0.05) is 31.9 Å². The second-order valence-electron chi connectivity index (χ2n) is 8.02. The molecule has 2 aliphatic heterocycles. The lowest BCUT2D eigenvalue weighted by atomic mass is 9.95. The summed E-state index contributed by atoms with van der Waals surface area (Å²) in [6.07, 6.45) is 10.5. The molecule has 4 N–H and O–H groups in total. The van der Waals surface area contributed by atoms with Crippen LogP contribution in [0.2, 0.25) is 0 Å². The molecule has 3 rings (SSSR count). The van der Waals surface area contributed by atoms with Gasteiger partial charge in [-0.15, -0.1) is 0 Å². The van der Waals surface area contributed by atoms with Crippen LogP contribution in [-0.2, 0) is 19.1 Å². The quantitative estimate of drug-likeness (QED) is 0.263. The first-order chi connectivity index (χ1) is 15.0. The molecule has 0 radical (unpaired) electrons. The van der Waals surface area contributed by atoms with Crippen LogP contribution in [0.1, 0.15) is 57.8 Å². The molecule has 0 aromatic rings. The average Bonchev–Trinajstić information content (AvgIpc) is 2.77. The third-order valence-electron chi connectivity index (χ3n) is 5.53. The molecular weight excluding hydrogens is 405 g/mol. The SMILES string of the molecule is O=C1CC(C(=O)NO)CCCOC2C=CC(=CC2)CC(C(=O)NCCCCCCF)N1. The fraction of sp³-hybridized carbons (Fsp3) is 0.682. The van der Waals surface area contributed by atoms with Crippen molar-refractivity contribution in [3.63, 3.8) is 0 Å². The highest BCUT2D eigenvalue weighted by Crippen LogP contribution is 2.20. The van der Waals surface area contributed by atoms with Gasteiger partial charge in [-0.3, -0.25) is 24.0 Å². The van der Waals surface area contributed by atoms with Gasteiger partial charge in [0.25, 0.3) is 0 Å². The Bertz CT molecular complexity index is 668. The maximum atomic E-state index is 12.7. The number of rotatable bonds is 8. The Kier molecular flexibility index (Phi) is 11.2. The molecule has 0 spiro atoms. The van der Waals surface area contributed by atoms with Gasteiger partial charge < -0.3 is 15.4 Å². The number of fused-ring (bicyclic) bond motifs is 10. The first-order valence-electron chi connectivity index (χ1n) is 11.1. The third kappa shape index (κ3) is 9.18. The molecule has 3 aliphatic rings. The summed E-state index contributed by atoms with van der Waals surface area (Å²) in [7, 11) is 0. The smallest absolute Gasteiger partial charge is 0.246 e. The van der Waals surface area contributed by atoms with Crippen LogP contribution in [0.25, 0.3) is 0 Å². The lowest BCUT2D eigenvalue weighted by molar-refractivity contribution is -0.137. The van der Waals surface area contributed by atoms with Gasteiger partial charge in [0.2, 0.25) is 17.7 Å². The molecule has 8 nitrogen and oxygen atoms in total. The zero-order valence-corrected chi connectivity index (χ0v) is 17.9. The summed E-state index contributed by atoms with van der Waals surface area (Å²) >= 11 is 0. The number of allylic oxidation sites excluding steroid dienone is 1. The summed E-state index contributed by atoms with van der Waals surface area (Å²) in [4.78, 5) is 37.3. The van der Waals surface area contributed by atoms with Gasteiger partial charge in [-0.1, -0.05) is 31.1 Å². The van der Waals surface area contributed by atoms with Crippen LogP contribution < -0.4 is 16.1 Å². The zero-order chi connectivity index (χ0) is 22.5. The van der Waals surface area contributed by atoms with E-state index in [0.29, 0.717) is 45.3 Å². The lowest BCUT2D eigenvalue weighted by Gasteiger charge is -2.24. The van der Waals surface area contributed by atoms with E-state index in [9.17, 15) is 18.8 Å². The van der Waals surface area contributed by atoms with Gasteiger partial charge in [-0.25, -0.2) is 5.48 Å². The first-order valence-corrected chi connectivity index (χ1v) is 11.1. The fourth-order valence-corrected chi connectivity index (χ4v) is 3.73. The van der Waals surface area contributed by atoms with Crippen LogP contribution in [0.15, 0.2) is 23.8 Å². The molecule has 3 atom stereocenters. The Morgan fingerprint density at radius 3 is 2.71 bits per heavy atom. The molecule has 0 aromatic carbocycles. The molecule has 31 heavy (non-hydrogen) atoms. The van der Waals surface area contributed by atoms with Crippen molar-refractivity contribution in [1.82, 2.24) is 16.1 Å². The zero-order valence-electron chi connectivity index (χ0n) is 17.9. The Labute approximate surface area is 182 Å². The molecule has 0 saturated carbocycles. The highest BCUT2D eigenvalue weighted by atomic mass is 19.1. The first kappa shape index (κ1) is 25.0. The number of amides is 3. The Morgan fingerprint density at radius 2 is 2.00 bits per heavy atom. The number of carbonyl (C=O) groups excluding carboxylic acids is 3. The molecular formula is C22H34FN3O5. The van der Waals surface area contributed by atoms with E-state index in [0.717, 1.165) is 24.8 Å². The van der Waals surface area contributed by atoms with E-state index >= 15 is 0 Å². The molecule has 0 saturated heterocycles. The minimum absolute atomic E-state index is 0.0528. The van der Waals surface area contributed by atoms with Crippen molar-refractivity contribution >= 4 is 17.7 Å². The Morgan fingerprint density at radius 1 is 1.19 bits per heavy atom. The number of halogens is 1. The number of hydroxylamine groups is 1. The molecule has 2 heterocycles. The minimum atomic E-state index is -0.771. The van der Waals surface area contributed by atoms with Crippen LogP contribution in [0.5, 0.6) is 0 Å². The molecule has 0 aromatic heterocycles. The van der Waals surface area contributed by atoms with Crippen molar-refractivity contribution in [2.24, 2.45) is 5.92 Å². The number of ether oxygens (including phenoxy) is 1. The second kappa shape index (κ2) is 13.9.